The van der Waals surface area contributed by atoms with Crippen LogP contribution in [0, 0.1) is 12.7 Å². The average molecular weight is 536 g/mol. The second-order valence-electron chi connectivity index (χ2n) is 10.5. The molecule has 8 nitrogen and oxygen atoms in total. The number of rotatable bonds is 3. The molecule has 38 heavy (non-hydrogen) atoms. The maximum Gasteiger partial charge on any atom is 0.318 e. The highest BCUT2D eigenvalue weighted by molar-refractivity contribution is 7.22. The highest BCUT2D eigenvalue weighted by Gasteiger charge is 2.36. The number of nitrogen functional groups attached to an aromatic ring is 1. The zero-order chi connectivity index (χ0) is 26.4. The van der Waals surface area contributed by atoms with Gasteiger partial charge in [0.15, 0.2) is 10.9 Å². The number of thiazole rings is 1. The van der Waals surface area contributed by atoms with Crippen molar-refractivity contribution in [2.45, 2.75) is 44.7 Å². The fourth-order valence-electron chi connectivity index (χ4n) is 5.97. The molecule has 2 bridgehead atoms. The highest BCUT2D eigenvalue weighted by Crippen LogP contribution is 2.41. The standard InChI is InChI=1S/C23H23FN6OS.C5H11N/c1-11-8-15-20(18(24)17(11)14-4-3-5-16-19(14)27-22(25)32-16)28-23(31-2)29-21(15)30-10-12-6-7-13(30)9-26-12;1-6-4-2-3-5-6/h3-5,8,12-13,26H,6-7,9-10H2,1-2H3,(H2,25,27);2-5H2,1H3. The number of methoxy groups -OCH3 is 1. The molecule has 0 aliphatic carbocycles. The molecule has 2 aromatic carbocycles. The first-order valence-corrected chi connectivity index (χ1v) is 14.1. The van der Waals surface area contributed by atoms with Gasteiger partial charge in [0, 0.05) is 41.7 Å². The lowest BCUT2D eigenvalue weighted by atomic mass is 9.92. The van der Waals surface area contributed by atoms with Crippen molar-refractivity contribution in [2.24, 2.45) is 0 Å². The monoisotopic (exact) mass is 535 g/mol. The van der Waals surface area contributed by atoms with E-state index in [-0.39, 0.29) is 17.3 Å². The molecule has 0 amide bonds. The van der Waals surface area contributed by atoms with Crippen LogP contribution in [-0.2, 0) is 0 Å². The minimum Gasteiger partial charge on any atom is -0.467 e. The van der Waals surface area contributed by atoms with Crippen molar-refractivity contribution in [3.05, 3.63) is 35.6 Å². The van der Waals surface area contributed by atoms with Crippen molar-refractivity contribution in [2.75, 3.05) is 51.0 Å². The summed E-state index contributed by atoms with van der Waals surface area (Å²) in [5.74, 6) is 0.356. The minimum atomic E-state index is -0.388. The van der Waals surface area contributed by atoms with E-state index in [9.17, 15) is 0 Å². The number of piperazine rings is 1. The first-order valence-electron chi connectivity index (χ1n) is 13.3. The third-order valence-corrected chi connectivity index (χ3v) is 8.77. The summed E-state index contributed by atoms with van der Waals surface area (Å²) >= 11 is 1.40. The van der Waals surface area contributed by atoms with Crippen molar-refractivity contribution in [1.82, 2.24) is 25.2 Å². The summed E-state index contributed by atoms with van der Waals surface area (Å²) in [5.41, 5.74) is 8.92. The molecular weight excluding hydrogens is 501 g/mol. The number of benzene rings is 2. The molecule has 0 spiro atoms. The number of fused-ring (bicyclic) bond motifs is 5. The van der Waals surface area contributed by atoms with Crippen molar-refractivity contribution in [1.29, 1.82) is 0 Å². The zero-order valence-corrected chi connectivity index (χ0v) is 22.9. The van der Waals surface area contributed by atoms with E-state index in [2.05, 4.69) is 37.1 Å². The molecule has 4 fully saturated rings. The maximum absolute atomic E-state index is 16.2. The van der Waals surface area contributed by atoms with E-state index >= 15 is 4.39 Å². The molecule has 3 N–H and O–H groups in total. The SMILES string of the molecule is CN1CCCC1.COc1nc(N2CC3CCC2CN3)c2cc(C)c(-c3cccc4sc(N)nc34)c(F)c2n1. The van der Waals surface area contributed by atoms with Gasteiger partial charge in [-0.3, -0.25) is 0 Å². The number of likely N-dealkylation sites (tertiary alicyclic amines) is 1. The number of nitrogens with one attached hydrogen (secondary N) is 1. The largest absolute Gasteiger partial charge is 0.467 e. The number of nitrogens with zero attached hydrogens (tertiary/aromatic N) is 5. The molecule has 4 saturated heterocycles. The Hall–Kier alpha value is -3.08. The van der Waals surface area contributed by atoms with Crippen LogP contribution in [0.2, 0.25) is 0 Å². The first-order chi connectivity index (χ1) is 18.4. The number of anilines is 2. The molecule has 10 heteroatoms. The number of nitrogens with two attached hydrogens (primary N) is 1. The Morgan fingerprint density at radius 3 is 2.58 bits per heavy atom. The third-order valence-electron chi connectivity index (χ3n) is 7.93. The van der Waals surface area contributed by atoms with E-state index in [4.69, 9.17) is 10.5 Å². The summed E-state index contributed by atoms with van der Waals surface area (Å²) in [5, 5.41) is 4.74. The summed E-state index contributed by atoms with van der Waals surface area (Å²) in [6, 6.07) is 8.66. The second-order valence-corrected chi connectivity index (χ2v) is 11.6. The van der Waals surface area contributed by atoms with Gasteiger partial charge in [0.2, 0.25) is 0 Å². The Labute approximate surface area is 226 Å². The topological polar surface area (TPSA) is 92.4 Å². The normalized spacial score (nSPS) is 21.2. The minimum absolute atomic E-state index is 0.173. The van der Waals surface area contributed by atoms with Gasteiger partial charge in [-0.2, -0.15) is 9.97 Å². The zero-order valence-electron chi connectivity index (χ0n) is 22.1. The van der Waals surface area contributed by atoms with E-state index in [0.717, 1.165) is 42.0 Å². The van der Waals surface area contributed by atoms with Crippen molar-refractivity contribution >= 4 is 43.4 Å². The van der Waals surface area contributed by atoms with E-state index in [1.54, 1.807) is 0 Å². The molecule has 2 aromatic heterocycles. The molecule has 200 valence electrons. The molecule has 0 radical (unpaired) electrons. The first kappa shape index (κ1) is 25.2. The molecule has 4 aromatic rings. The lowest BCUT2D eigenvalue weighted by Gasteiger charge is -2.46. The van der Waals surface area contributed by atoms with E-state index in [1.807, 2.05) is 31.2 Å². The number of para-hydroxylation sites is 1. The molecule has 0 saturated carbocycles. The van der Waals surface area contributed by atoms with Gasteiger partial charge in [-0.15, -0.1) is 0 Å². The van der Waals surface area contributed by atoms with E-state index in [0.29, 0.717) is 39.2 Å². The third kappa shape index (κ3) is 4.54. The number of aryl methyl sites for hydroxylation is 1. The van der Waals surface area contributed by atoms with Crippen LogP contribution in [0.3, 0.4) is 0 Å². The number of hydrogen-bond donors (Lipinski definition) is 2. The van der Waals surface area contributed by atoms with E-state index < -0.39 is 0 Å². The Morgan fingerprint density at radius 1 is 1.13 bits per heavy atom. The summed E-state index contributed by atoms with van der Waals surface area (Å²) in [4.78, 5) is 18.2. The molecular formula is C28H34FN7OS. The Bertz CT molecular complexity index is 1480. The fourth-order valence-corrected chi connectivity index (χ4v) is 6.73. The summed E-state index contributed by atoms with van der Waals surface area (Å²) in [7, 11) is 3.69. The molecule has 8 rings (SSSR count). The van der Waals surface area contributed by atoms with Crippen molar-refractivity contribution in [3.8, 4) is 17.1 Å². The van der Waals surface area contributed by atoms with Gasteiger partial charge in [-0.25, -0.2) is 9.37 Å². The lowest BCUT2D eigenvalue weighted by molar-refractivity contribution is 0.288. The Balaban J connectivity index is 0.000000390. The fraction of sp³-hybridized carbons (Fsp3) is 0.464. The maximum atomic E-state index is 16.2. The molecule has 2 unspecified atom stereocenters. The summed E-state index contributed by atoms with van der Waals surface area (Å²) < 4.78 is 22.5. The van der Waals surface area contributed by atoms with Crippen LogP contribution in [0.25, 0.3) is 32.2 Å². The summed E-state index contributed by atoms with van der Waals surface area (Å²) in [6.45, 7) is 6.31. The Morgan fingerprint density at radius 2 is 1.95 bits per heavy atom. The predicted molar refractivity (Wildman–Crippen MR) is 153 cm³/mol. The van der Waals surface area contributed by atoms with Gasteiger partial charge in [0.25, 0.3) is 0 Å². The van der Waals surface area contributed by atoms with Crippen LogP contribution in [0.15, 0.2) is 24.3 Å². The van der Waals surface area contributed by atoms with Gasteiger partial charge < -0.3 is 25.6 Å². The number of piperidine rings is 2. The molecule has 2 atom stereocenters. The number of halogens is 1. The molecule has 6 heterocycles. The highest BCUT2D eigenvalue weighted by atomic mass is 32.1. The smallest absolute Gasteiger partial charge is 0.318 e. The van der Waals surface area contributed by atoms with Gasteiger partial charge in [0.05, 0.1) is 17.3 Å². The number of aromatic nitrogens is 3. The molecule has 4 aliphatic rings. The van der Waals surface area contributed by atoms with Gasteiger partial charge >= 0.3 is 6.01 Å². The van der Waals surface area contributed by atoms with Gasteiger partial charge in [0.1, 0.15) is 11.3 Å². The number of hydrogen-bond acceptors (Lipinski definition) is 9. The van der Waals surface area contributed by atoms with Crippen LogP contribution in [0.5, 0.6) is 6.01 Å². The number of ether oxygens (including phenoxy) is 1. The average Bonchev–Trinajstić information content (AvgIpc) is 3.57. The summed E-state index contributed by atoms with van der Waals surface area (Å²) in [6.07, 6.45) is 5.07. The van der Waals surface area contributed by atoms with Crippen LogP contribution in [0.1, 0.15) is 31.2 Å². The van der Waals surface area contributed by atoms with Crippen LogP contribution < -0.4 is 20.7 Å². The van der Waals surface area contributed by atoms with E-state index in [1.165, 1.54) is 44.4 Å². The van der Waals surface area contributed by atoms with Gasteiger partial charge in [-0.1, -0.05) is 23.5 Å². The quantitative estimate of drug-likeness (QED) is 0.393. The van der Waals surface area contributed by atoms with Crippen molar-refractivity contribution in [3.63, 3.8) is 0 Å². The molecule has 4 aliphatic heterocycles. The van der Waals surface area contributed by atoms with Crippen LogP contribution in [-0.4, -0.2) is 72.3 Å². The second kappa shape index (κ2) is 10.2. The Kier molecular flexibility index (Phi) is 6.79. The van der Waals surface area contributed by atoms with Crippen LogP contribution >= 0.6 is 11.3 Å². The van der Waals surface area contributed by atoms with Crippen LogP contribution in [0.4, 0.5) is 15.3 Å². The lowest BCUT2D eigenvalue weighted by Crippen LogP contribution is -2.61. The van der Waals surface area contributed by atoms with Gasteiger partial charge in [-0.05, 0) is 70.4 Å². The van der Waals surface area contributed by atoms with Crippen molar-refractivity contribution < 1.29 is 9.13 Å². The predicted octanol–water partition coefficient (Wildman–Crippen LogP) is 4.60.